The summed E-state index contributed by atoms with van der Waals surface area (Å²) in [6, 6.07) is 5.38. The van der Waals surface area contributed by atoms with Gasteiger partial charge in [-0.2, -0.15) is 0 Å². The van der Waals surface area contributed by atoms with Crippen molar-refractivity contribution in [2.75, 3.05) is 37.8 Å². The van der Waals surface area contributed by atoms with Crippen LogP contribution in [0.15, 0.2) is 18.2 Å². The van der Waals surface area contributed by atoms with Crippen LogP contribution in [0.2, 0.25) is 0 Å². The Morgan fingerprint density at radius 1 is 1.27 bits per heavy atom. The molecule has 0 amide bonds. The minimum absolute atomic E-state index is 0.0916. The van der Waals surface area contributed by atoms with Gasteiger partial charge in [-0.25, -0.2) is 4.39 Å². The van der Waals surface area contributed by atoms with Gasteiger partial charge >= 0.3 is 0 Å². The van der Waals surface area contributed by atoms with E-state index < -0.39 is 0 Å². The molecular formula is C17H27FN2O2. The molecule has 0 spiro atoms. The van der Waals surface area contributed by atoms with Crippen LogP contribution in [0.5, 0.6) is 0 Å². The number of aliphatic hydroxyl groups is 1. The van der Waals surface area contributed by atoms with Gasteiger partial charge in [0.05, 0.1) is 25.5 Å². The highest BCUT2D eigenvalue weighted by molar-refractivity contribution is 5.49. The first-order chi connectivity index (χ1) is 10.6. The van der Waals surface area contributed by atoms with Crippen molar-refractivity contribution >= 4 is 5.69 Å². The Bertz CT molecular complexity index is 463. The van der Waals surface area contributed by atoms with E-state index in [1.54, 1.807) is 6.07 Å². The number of anilines is 1. The number of aliphatic hydroxyl groups excluding tert-OH is 1. The molecule has 1 aliphatic rings. The monoisotopic (exact) mass is 310 g/mol. The number of benzene rings is 1. The highest BCUT2D eigenvalue weighted by Crippen LogP contribution is 2.22. The van der Waals surface area contributed by atoms with E-state index in [9.17, 15) is 9.50 Å². The number of halogens is 1. The van der Waals surface area contributed by atoms with Gasteiger partial charge in [0, 0.05) is 25.2 Å². The summed E-state index contributed by atoms with van der Waals surface area (Å²) in [6.07, 6.45) is 1.68. The summed E-state index contributed by atoms with van der Waals surface area (Å²) < 4.78 is 19.6. The van der Waals surface area contributed by atoms with Gasteiger partial charge in [-0.05, 0) is 30.5 Å². The predicted octanol–water partition coefficient (Wildman–Crippen LogP) is 2.30. The van der Waals surface area contributed by atoms with Crippen LogP contribution in [0.4, 0.5) is 10.1 Å². The standard InChI is InChI=1S/C17H27FN2O2/c1-3-17(4-2,13-21)19-12-14-5-6-16(15(18)11-14)20-7-9-22-10-8-20/h5-6,11,19,21H,3-4,7-10,12-13H2,1-2H3. The number of rotatable bonds is 7. The van der Waals surface area contributed by atoms with Crippen LogP contribution in [0.25, 0.3) is 0 Å². The Morgan fingerprint density at radius 3 is 2.50 bits per heavy atom. The van der Waals surface area contributed by atoms with Crippen LogP contribution in [0.3, 0.4) is 0 Å². The minimum Gasteiger partial charge on any atom is -0.394 e. The van der Waals surface area contributed by atoms with E-state index in [0.29, 0.717) is 25.4 Å². The second-order valence-corrected chi connectivity index (χ2v) is 5.88. The molecule has 1 saturated heterocycles. The Morgan fingerprint density at radius 2 is 1.95 bits per heavy atom. The smallest absolute Gasteiger partial charge is 0.146 e. The van der Waals surface area contributed by atoms with Crippen LogP contribution in [0.1, 0.15) is 32.3 Å². The highest BCUT2D eigenvalue weighted by atomic mass is 19.1. The lowest BCUT2D eigenvalue weighted by atomic mass is 9.93. The number of nitrogens with one attached hydrogen (secondary N) is 1. The van der Waals surface area contributed by atoms with Crippen molar-refractivity contribution in [2.45, 2.75) is 38.8 Å². The predicted molar refractivity (Wildman–Crippen MR) is 86.7 cm³/mol. The summed E-state index contributed by atoms with van der Waals surface area (Å²) in [6.45, 7) is 7.51. The summed E-state index contributed by atoms with van der Waals surface area (Å²) >= 11 is 0. The molecule has 1 aliphatic heterocycles. The topological polar surface area (TPSA) is 44.7 Å². The zero-order valence-corrected chi connectivity index (χ0v) is 13.6. The molecule has 0 bridgehead atoms. The third-order valence-corrected chi connectivity index (χ3v) is 4.69. The number of morpholine rings is 1. The van der Waals surface area contributed by atoms with Gasteiger partial charge in [-0.3, -0.25) is 0 Å². The maximum absolute atomic E-state index is 14.3. The first kappa shape index (κ1) is 17.2. The lowest BCUT2D eigenvalue weighted by Crippen LogP contribution is -2.47. The van der Waals surface area contributed by atoms with Crippen LogP contribution < -0.4 is 10.2 Å². The largest absolute Gasteiger partial charge is 0.394 e. The van der Waals surface area contributed by atoms with Crippen molar-refractivity contribution in [3.05, 3.63) is 29.6 Å². The highest BCUT2D eigenvalue weighted by Gasteiger charge is 2.24. The first-order valence-electron chi connectivity index (χ1n) is 8.11. The van der Waals surface area contributed by atoms with E-state index >= 15 is 0 Å². The van der Waals surface area contributed by atoms with Crippen molar-refractivity contribution in [2.24, 2.45) is 0 Å². The quantitative estimate of drug-likeness (QED) is 0.811. The van der Waals surface area contributed by atoms with Gasteiger partial charge < -0.3 is 20.1 Å². The van der Waals surface area contributed by atoms with Crippen molar-refractivity contribution in [1.82, 2.24) is 5.32 Å². The third kappa shape index (κ3) is 3.97. The molecule has 22 heavy (non-hydrogen) atoms. The number of hydrogen-bond donors (Lipinski definition) is 2. The Kier molecular flexibility index (Phi) is 6.17. The molecule has 0 atom stereocenters. The molecular weight excluding hydrogens is 283 g/mol. The SMILES string of the molecule is CCC(CC)(CO)NCc1ccc(N2CCOCC2)c(F)c1. The summed E-state index contributed by atoms with van der Waals surface area (Å²) in [7, 11) is 0. The molecule has 0 saturated carbocycles. The molecule has 4 nitrogen and oxygen atoms in total. The molecule has 0 unspecified atom stereocenters. The van der Waals surface area contributed by atoms with E-state index in [1.165, 1.54) is 0 Å². The van der Waals surface area contributed by atoms with Crippen LogP contribution in [-0.4, -0.2) is 43.6 Å². The van der Waals surface area contributed by atoms with Gasteiger partial charge in [-0.15, -0.1) is 0 Å². The van der Waals surface area contributed by atoms with Gasteiger partial charge in [-0.1, -0.05) is 19.9 Å². The fourth-order valence-electron chi connectivity index (χ4n) is 2.79. The van der Waals surface area contributed by atoms with Crippen LogP contribution in [0, 0.1) is 5.82 Å². The molecule has 2 N–H and O–H groups in total. The van der Waals surface area contributed by atoms with Gasteiger partial charge in [0.2, 0.25) is 0 Å². The summed E-state index contributed by atoms with van der Waals surface area (Å²) in [5, 5.41) is 12.9. The third-order valence-electron chi connectivity index (χ3n) is 4.69. The molecule has 124 valence electrons. The Hall–Kier alpha value is -1.17. The average Bonchev–Trinajstić information content (AvgIpc) is 2.57. The molecule has 1 aromatic rings. The zero-order valence-electron chi connectivity index (χ0n) is 13.6. The molecule has 2 rings (SSSR count). The zero-order chi connectivity index (χ0) is 16.0. The summed E-state index contributed by atoms with van der Waals surface area (Å²) in [4.78, 5) is 2.02. The Labute approximate surface area is 132 Å². The second kappa shape index (κ2) is 7.90. The fourth-order valence-corrected chi connectivity index (χ4v) is 2.79. The number of nitrogens with zero attached hydrogens (tertiary/aromatic N) is 1. The molecule has 0 radical (unpaired) electrons. The fraction of sp³-hybridized carbons (Fsp3) is 0.647. The molecule has 1 fully saturated rings. The van der Waals surface area contributed by atoms with Crippen molar-refractivity contribution < 1.29 is 14.2 Å². The van der Waals surface area contributed by atoms with Gasteiger partial charge in [0.1, 0.15) is 5.82 Å². The number of ether oxygens (including phenoxy) is 1. The van der Waals surface area contributed by atoms with Crippen LogP contribution >= 0.6 is 0 Å². The lowest BCUT2D eigenvalue weighted by Gasteiger charge is -2.31. The van der Waals surface area contributed by atoms with Crippen molar-refractivity contribution in [3.63, 3.8) is 0 Å². The molecule has 1 aromatic carbocycles. The van der Waals surface area contributed by atoms with Gasteiger partial charge in [0.25, 0.3) is 0 Å². The van der Waals surface area contributed by atoms with E-state index in [2.05, 4.69) is 19.2 Å². The van der Waals surface area contributed by atoms with Crippen molar-refractivity contribution in [1.29, 1.82) is 0 Å². The molecule has 1 heterocycles. The van der Waals surface area contributed by atoms with Crippen molar-refractivity contribution in [3.8, 4) is 0 Å². The summed E-state index contributed by atoms with van der Waals surface area (Å²) in [5.74, 6) is -0.191. The van der Waals surface area contributed by atoms with Crippen LogP contribution in [-0.2, 0) is 11.3 Å². The lowest BCUT2D eigenvalue weighted by molar-refractivity contribution is 0.122. The van der Waals surface area contributed by atoms with E-state index in [-0.39, 0.29) is 18.0 Å². The number of hydrogen-bond acceptors (Lipinski definition) is 4. The van der Waals surface area contributed by atoms with E-state index in [0.717, 1.165) is 31.5 Å². The second-order valence-electron chi connectivity index (χ2n) is 5.88. The molecule has 5 heteroatoms. The maximum Gasteiger partial charge on any atom is 0.146 e. The minimum atomic E-state index is -0.278. The summed E-state index contributed by atoms with van der Waals surface area (Å²) in [5.41, 5.74) is 1.26. The first-order valence-corrected chi connectivity index (χ1v) is 8.11. The maximum atomic E-state index is 14.3. The van der Waals surface area contributed by atoms with E-state index in [4.69, 9.17) is 4.74 Å². The van der Waals surface area contributed by atoms with E-state index in [1.807, 2.05) is 17.0 Å². The molecule has 0 aliphatic carbocycles. The molecule has 0 aromatic heterocycles. The average molecular weight is 310 g/mol. The normalized spacial score (nSPS) is 16.1. The Balaban J connectivity index is 2.02. The van der Waals surface area contributed by atoms with Gasteiger partial charge in [0.15, 0.2) is 0 Å².